The van der Waals surface area contributed by atoms with Gasteiger partial charge in [-0.3, -0.25) is 9.59 Å². The van der Waals surface area contributed by atoms with Crippen LogP contribution in [0.3, 0.4) is 0 Å². The zero-order chi connectivity index (χ0) is 23.6. The van der Waals surface area contributed by atoms with E-state index in [-0.39, 0.29) is 64.8 Å². The molecule has 0 bridgehead atoms. The molecule has 0 spiro atoms. The van der Waals surface area contributed by atoms with Gasteiger partial charge in [-0.25, -0.2) is 17.1 Å². The number of hydrogen-bond donors (Lipinski definition) is 0. The van der Waals surface area contributed by atoms with E-state index in [1.807, 2.05) is 0 Å². The number of halogens is 2. The van der Waals surface area contributed by atoms with Gasteiger partial charge < -0.3 is 14.5 Å². The molecule has 0 N–H and O–H groups in total. The maximum atomic E-state index is 13.2. The maximum absolute atomic E-state index is 13.2. The summed E-state index contributed by atoms with van der Waals surface area (Å²) in [5.41, 5.74) is 0.397. The number of ether oxygens (including phenoxy) is 1. The zero-order valence-corrected chi connectivity index (χ0v) is 19.4. The summed E-state index contributed by atoms with van der Waals surface area (Å²) in [7, 11) is 0.329. The molecule has 0 unspecified atom stereocenters. The molecule has 3 rings (SSSR count). The second-order valence-electron chi connectivity index (χ2n) is 7.36. The first-order valence-electron chi connectivity index (χ1n) is 9.70. The van der Waals surface area contributed by atoms with E-state index < -0.39 is 15.8 Å². The molecule has 0 aliphatic carbocycles. The monoisotopic (exact) mass is 483 g/mol. The largest absolute Gasteiger partial charge is 0.495 e. The van der Waals surface area contributed by atoms with Crippen molar-refractivity contribution in [3.8, 4) is 5.75 Å². The predicted octanol–water partition coefficient (Wildman–Crippen LogP) is 2.34. The number of hydrogen-bond acceptors (Lipinski definition) is 5. The fourth-order valence-corrected chi connectivity index (χ4v) is 4.66. The fourth-order valence-electron chi connectivity index (χ4n) is 3.34. The minimum absolute atomic E-state index is 0.0290. The summed E-state index contributed by atoms with van der Waals surface area (Å²) < 4.78 is 44.7. The van der Waals surface area contributed by atoms with E-state index in [0.717, 1.165) is 10.4 Å². The number of sulfonamides is 1. The second-order valence-corrected chi connectivity index (χ2v) is 9.89. The molecule has 0 atom stereocenters. The number of piperazine rings is 1. The number of methoxy groups -OCH3 is 1. The van der Waals surface area contributed by atoms with E-state index >= 15 is 0 Å². The van der Waals surface area contributed by atoms with Crippen LogP contribution < -0.4 is 4.74 Å². The third-order valence-electron chi connectivity index (χ3n) is 5.18. The molecule has 2 aromatic carbocycles. The number of rotatable bonds is 5. The highest BCUT2D eigenvalue weighted by molar-refractivity contribution is 7.89. The second kappa shape index (κ2) is 9.43. The molecule has 1 heterocycles. The van der Waals surface area contributed by atoms with Crippen LogP contribution in [0.4, 0.5) is 4.39 Å². The Morgan fingerprint density at radius 2 is 1.59 bits per heavy atom. The van der Waals surface area contributed by atoms with E-state index in [0.29, 0.717) is 0 Å². The van der Waals surface area contributed by atoms with Crippen LogP contribution in [0.1, 0.15) is 20.7 Å². The van der Waals surface area contributed by atoms with Crippen molar-refractivity contribution in [3.05, 3.63) is 58.4 Å². The Labute approximate surface area is 191 Å². The Kier molecular flexibility index (Phi) is 7.06. The standard InChI is InChI=1S/C21H23ClFN3O5S/c1-24(2)32(29,30)19-12-14(4-7-18(19)31-3)20(27)25-8-10-26(11-9-25)21(28)16-6-5-15(23)13-17(16)22/h4-7,12-13H,8-11H2,1-3H3. The highest BCUT2D eigenvalue weighted by Gasteiger charge is 2.29. The molecular weight excluding hydrogens is 461 g/mol. The van der Waals surface area contributed by atoms with Gasteiger partial charge in [-0.1, -0.05) is 11.6 Å². The average Bonchev–Trinajstić information content (AvgIpc) is 2.77. The Hall–Kier alpha value is -2.69. The molecule has 1 aliphatic heterocycles. The van der Waals surface area contributed by atoms with Crippen molar-refractivity contribution in [1.29, 1.82) is 0 Å². The third-order valence-corrected chi connectivity index (χ3v) is 7.33. The smallest absolute Gasteiger partial charge is 0.255 e. The SMILES string of the molecule is COc1ccc(C(=O)N2CCN(C(=O)c3ccc(F)cc3Cl)CC2)cc1S(=O)(=O)N(C)C. The summed E-state index contributed by atoms with van der Waals surface area (Å²) in [4.78, 5) is 28.7. The lowest BCUT2D eigenvalue weighted by Crippen LogP contribution is -2.50. The van der Waals surface area contributed by atoms with Gasteiger partial charge in [0, 0.05) is 45.8 Å². The molecule has 11 heteroatoms. The van der Waals surface area contributed by atoms with Crippen LogP contribution in [0.2, 0.25) is 5.02 Å². The Morgan fingerprint density at radius 1 is 1.00 bits per heavy atom. The van der Waals surface area contributed by atoms with Crippen LogP contribution in [0, 0.1) is 5.82 Å². The van der Waals surface area contributed by atoms with Gasteiger partial charge in [-0.2, -0.15) is 0 Å². The molecule has 172 valence electrons. The molecule has 1 fully saturated rings. The van der Waals surface area contributed by atoms with Crippen molar-refractivity contribution < 1.29 is 27.1 Å². The van der Waals surface area contributed by atoms with Gasteiger partial charge in [0.1, 0.15) is 16.5 Å². The summed E-state index contributed by atoms with van der Waals surface area (Å²) in [6, 6.07) is 7.83. The summed E-state index contributed by atoms with van der Waals surface area (Å²) in [5, 5.41) is 0.0290. The fraction of sp³-hybridized carbons (Fsp3) is 0.333. The number of carbonyl (C=O) groups is 2. The normalized spacial score (nSPS) is 14.6. The molecule has 2 amide bonds. The van der Waals surface area contributed by atoms with E-state index in [9.17, 15) is 22.4 Å². The lowest BCUT2D eigenvalue weighted by Gasteiger charge is -2.35. The van der Waals surface area contributed by atoms with Crippen molar-refractivity contribution in [2.24, 2.45) is 0 Å². The van der Waals surface area contributed by atoms with Crippen LogP contribution >= 0.6 is 11.6 Å². The molecule has 2 aromatic rings. The average molecular weight is 484 g/mol. The van der Waals surface area contributed by atoms with E-state index in [1.54, 1.807) is 9.80 Å². The van der Waals surface area contributed by atoms with Crippen molar-refractivity contribution in [1.82, 2.24) is 14.1 Å². The first kappa shape index (κ1) is 24.0. The number of carbonyl (C=O) groups excluding carboxylic acids is 2. The quantitative estimate of drug-likeness (QED) is 0.651. The van der Waals surface area contributed by atoms with Gasteiger partial charge in [0.2, 0.25) is 10.0 Å². The predicted molar refractivity (Wildman–Crippen MR) is 117 cm³/mol. The Morgan fingerprint density at radius 3 is 2.12 bits per heavy atom. The van der Waals surface area contributed by atoms with Gasteiger partial charge in [0.25, 0.3) is 11.8 Å². The summed E-state index contributed by atoms with van der Waals surface area (Å²) in [6.07, 6.45) is 0. The van der Waals surface area contributed by atoms with E-state index in [4.69, 9.17) is 16.3 Å². The summed E-state index contributed by atoms with van der Waals surface area (Å²) in [5.74, 6) is -1.08. The molecule has 1 saturated heterocycles. The molecule has 0 radical (unpaired) electrons. The summed E-state index contributed by atoms with van der Waals surface area (Å²) >= 11 is 5.99. The van der Waals surface area contributed by atoms with Crippen molar-refractivity contribution >= 4 is 33.4 Å². The van der Waals surface area contributed by atoms with Crippen LogP contribution in [0.15, 0.2) is 41.3 Å². The molecular formula is C21H23ClFN3O5S. The molecule has 32 heavy (non-hydrogen) atoms. The molecule has 1 aliphatic rings. The minimum Gasteiger partial charge on any atom is -0.495 e. The molecule has 8 nitrogen and oxygen atoms in total. The van der Waals surface area contributed by atoms with Crippen molar-refractivity contribution in [3.63, 3.8) is 0 Å². The lowest BCUT2D eigenvalue weighted by molar-refractivity contribution is 0.0535. The lowest BCUT2D eigenvalue weighted by atomic mass is 10.1. The summed E-state index contributed by atoms with van der Waals surface area (Å²) in [6.45, 7) is 1.03. The molecule has 0 aromatic heterocycles. The maximum Gasteiger partial charge on any atom is 0.255 e. The van der Waals surface area contributed by atoms with Crippen LogP contribution in [0.5, 0.6) is 5.75 Å². The Balaban J connectivity index is 1.75. The minimum atomic E-state index is -3.82. The van der Waals surface area contributed by atoms with Crippen molar-refractivity contribution in [2.75, 3.05) is 47.4 Å². The van der Waals surface area contributed by atoms with Crippen LogP contribution in [-0.4, -0.2) is 81.7 Å². The first-order valence-corrected chi connectivity index (χ1v) is 11.5. The highest BCUT2D eigenvalue weighted by atomic mass is 35.5. The van der Waals surface area contributed by atoms with Gasteiger partial charge in [-0.15, -0.1) is 0 Å². The molecule has 0 saturated carbocycles. The van der Waals surface area contributed by atoms with Gasteiger partial charge in [-0.05, 0) is 36.4 Å². The Bertz CT molecular complexity index is 1150. The van der Waals surface area contributed by atoms with Gasteiger partial charge in [0.15, 0.2) is 0 Å². The number of benzene rings is 2. The van der Waals surface area contributed by atoms with Crippen LogP contribution in [0.25, 0.3) is 0 Å². The third kappa shape index (κ3) is 4.72. The van der Waals surface area contributed by atoms with E-state index in [2.05, 4.69) is 0 Å². The zero-order valence-electron chi connectivity index (χ0n) is 17.8. The van der Waals surface area contributed by atoms with Gasteiger partial charge >= 0.3 is 0 Å². The van der Waals surface area contributed by atoms with Crippen molar-refractivity contribution in [2.45, 2.75) is 4.90 Å². The van der Waals surface area contributed by atoms with Gasteiger partial charge in [0.05, 0.1) is 17.7 Å². The first-order chi connectivity index (χ1) is 15.1. The van der Waals surface area contributed by atoms with Crippen LogP contribution in [-0.2, 0) is 10.0 Å². The van der Waals surface area contributed by atoms with E-state index in [1.165, 1.54) is 51.5 Å². The number of amides is 2. The highest BCUT2D eigenvalue weighted by Crippen LogP contribution is 2.28. The topological polar surface area (TPSA) is 87.2 Å². The number of nitrogens with zero attached hydrogens (tertiary/aromatic N) is 3.